The first-order chi connectivity index (χ1) is 9.19. The number of rotatable bonds is 6. The fourth-order valence-electron chi connectivity index (χ4n) is 3.80. The normalized spacial score (nSPS) is 18.7. The predicted octanol–water partition coefficient (Wildman–Crippen LogP) is 3.71. The summed E-state index contributed by atoms with van der Waals surface area (Å²) >= 11 is 0. The van der Waals surface area contributed by atoms with Crippen molar-refractivity contribution in [3.05, 3.63) is 11.1 Å². The van der Waals surface area contributed by atoms with Crippen molar-refractivity contribution < 1.29 is 19.8 Å². The van der Waals surface area contributed by atoms with E-state index >= 15 is 0 Å². The monoisotopic (exact) mass is 282 g/mol. The van der Waals surface area contributed by atoms with Crippen LogP contribution in [0.2, 0.25) is 0 Å². The highest BCUT2D eigenvalue weighted by Crippen LogP contribution is 2.49. The maximum absolute atomic E-state index is 11.7. The van der Waals surface area contributed by atoms with Crippen molar-refractivity contribution in [1.82, 2.24) is 0 Å². The van der Waals surface area contributed by atoms with Crippen molar-refractivity contribution in [2.75, 3.05) is 0 Å². The van der Waals surface area contributed by atoms with Gasteiger partial charge in [-0.15, -0.1) is 0 Å². The van der Waals surface area contributed by atoms with Gasteiger partial charge in [0.15, 0.2) is 0 Å². The van der Waals surface area contributed by atoms with E-state index in [1.54, 1.807) is 0 Å². The van der Waals surface area contributed by atoms with Crippen LogP contribution in [0.25, 0.3) is 0 Å². The van der Waals surface area contributed by atoms with Crippen LogP contribution >= 0.6 is 0 Å². The van der Waals surface area contributed by atoms with Crippen molar-refractivity contribution in [1.29, 1.82) is 0 Å². The van der Waals surface area contributed by atoms with Gasteiger partial charge in [-0.2, -0.15) is 0 Å². The number of aliphatic carboxylic acids is 2. The lowest BCUT2D eigenvalue weighted by atomic mass is 9.62. The van der Waals surface area contributed by atoms with Gasteiger partial charge in [0.25, 0.3) is 0 Å². The first-order valence-electron chi connectivity index (χ1n) is 7.40. The molecule has 0 radical (unpaired) electrons. The maximum Gasteiger partial charge on any atom is 0.332 e. The van der Waals surface area contributed by atoms with Crippen LogP contribution in [0.1, 0.15) is 59.8 Å². The van der Waals surface area contributed by atoms with Crippen molar-refractivity contribution in [2.45, 2.75) is 59.8 Å². The molecular formula is C16H26O4. The van der Waals surface area contributed by atoms with Gasteiger partial charge < -0.3 is 10.2 Å². The van der Waals surface area contributed by atoms with Gasteiger partial charge in [-0.25, -0.2) is 9.59 Å². The zero-order chi connectivity index (χ0) is 15.5. The van der Waals surface area contributed by atoms with Gasteiger partial charge in [0.05, 0.1) is 5.57 Å². The van der Waals surface area contributed by atoms with Crippen LogP contribution in [0, 0.1) is 17.3 Å². The molecule has 1 aliphatic rings. The molecule has 1 rings (SSSR count). The Balaban J connectivity index is 3.40. The summed E-state index contributed by atoms with van der Waals surface area (Å²) in [5, 5.41) is 18.9. The Hall–Kier alpha value is -1.32. The highest BCUT2D eigenvalue weighted by Gasteiger charge is 2.44. The molecular weight excluding hydrogens is 256 g/mol. The van der Waals surface area contributed by atoms with E-state index < -0.39 is 17.4 Å². The smallest absolute Gasteiger partial charge is 0.332 e. The minimum absolute atomic E-state index is 0.116. The summed E-state index contributed by atoms with van der Waals surface area (Å²) in [6.45, 7) is 8.26. The quantitative estimate of drug-likeness (QED) is 0.778. The van der Waals surface area contributed by atoms with E-state index in [9.17, 15) is 19.8 Å². The zero-order valence-electron chi connectivity index (χ0n) is 12.9. The molecule has 0 aromatic carbocycles. The number of carboxylic acid groups (broad SMARTS) is 2. The molecule has 0 atom stereocenters. The van der Waals surface area contributed by atoms with Crippen LogP contribution < -0.4 is 0 Å². The molecule has 0 bridgehead atoms. The second kappa shape index (κ2) is 6.42. The molecule has 0 saturated carbocycles. The Kier molecular flexibility index (Phi) is 5.37. The molecule has 0 fully saturated rings. The molecule has 0 aliphatic heterocycles. The summed E-state index contributed by atoms with van der Waals surface area (Å²) in [5.41, 5.74) is -0.205. The van der Waals surface area contributed by atoms with Gasteiger partial charge >= 0.3 is 11.9 Å². The molecule has 0 saturated heterocycles. The molecule has 4 nitrogen and oxygen atoms in total. The molecule has 4 heteroatoms. The largest absolute Gasteiger partial charge is 0.478 e. The van der Waals surface area contributed by atoms with E-state index in [0.29, 0.717) is 18.3 Å². The fourth-order valence-corrected chi connectivity index (χ4v) is 3.80. The summed E-state index contributed by atoms with van der Waals surface area (Å²) in [6.07, 6.45) is 3.39. The summed E-state index contributed by atoms with van der Waals surface area (Å²) in [7, 11) is 0. The van der Waals surface area contributed by atoms with E-state index in [1.165, 1.54) is 0 Å². The standard InChI is InChI=1S/C16H26O4/c1-10(2)8-16(9-11(3)4)7-5-6-12(14(17)18)13(16)15(19)20/h10-11H,5-9H2,1-4H3,(H,17,18)(H,19,20). The molecule has 1 aliphatic carbocycles. The van der Waals surface area contributed by atoms with E-state index in [2.05, 4.69) is 27.7 Å². The molecule has 2 N–H and O–H groups in total. The number of hydrogen-bond donors (Lipinski definition) is 2. The third kappa shape index (κ3) is 3.62. The summed E-state index contributed by atoms with van der Waals surface area (Å²) < 4.78 is 0. The second-order valence-corrected chi connectivity index (χ2v) is 6.79. The van der Waals surface area contributed by atoms with Crippen molar-refractivity contribution in [2.24, 2.45) is 17.3 Å². The molecule has 20 heavy (non-hydrogen) atoms. The van der Waals surface area contributed by atoms with Crippen LogP contribution in [-0.4, -0.2) is 22.2 Å². The Morgan fingerprint density at radius 3 is 1.90 bits per heavy atom. The lowest BCUT2D eigenvalue weighted by molar-refractivity contribution is -0.138. The molecule has 0 aromatic rings. The predicted molar refractivity (Wildman–Crippen MR) is 77.5 cm³/mol. The summed E-state index contributed by atoms with van der Waals surface area (Å²) in [5.74, 6) is -1.44. The lowest BCUT2D eigenvalue weighted by Crippen LogP contribution is -2.36. The molecule has 0 spiro atoms. The minimum Gasteiger partial charge on any atom is -0.478 e. The number of carboxylic acids is 2. The van der Waals surface area contributed by atoms with Crippen LogP contribution in [0.3, 0.4) is 0 Å². The molecule has 0 amide bonds. The SMILES string of the molecule is CC(C)CC1(CC(C)C)CCCC(C(=O)O)=C1C(=O)O. The average molecular weight is 282 g/mol. The maximum atomic E-state index is 11.7. The summed E-state index contributed by atoms with van der Waals surface area (Å²) in [4.78, 5) is 23.1. The minimum atomic E-state index is -1.07. The van der Waals surface area contributed by atoms with Gasteiger partial charge in [-0.1, -0.05) is 27.7 Å². The molecule has 0 unspecified atom stereocenters. The second-order valence-electron chi connectivity index (χ2n) is 6.79. The van der Waals surface area contributed by atoms with E-state index in [-0.39, 0.29) is 11.1 Å². The Bertz CT molecular complexity index is 408. The Morgan fingerprint density at radius 1 is 1.05 bits per heavy atom. The van der Waals surface area contributed by atoms with Gasteiger partial charge in [0.1, 0.15) is 0 Å². The Labute approximate surface area is 120 Å². The average Bonchev–Trinajstić information content (AvgIpc) is 2.25. The molecule has 114 valence electrons. The molecule has 0 aromatic heterocycles. The first-order valence-corrected chi connectivity index (χ1v) is 7.40. The number of carbonyl (C=O) groups is 2. The number of hydrogen-bond acceptors (Lipinski definition) is 2. The van der Waals surface area contributed by atoms with E-state index in [4.69, 9.17) is 0 Å². The lowest BCUT2D eigenvalue weighted by Gasteiger charge is -2.41. The van der Waals surface area contributed by atoms with Gasteiger partial charge in [0.2, 0.25) is 0 Å². The zero-order valence-corrected chi connectivity index (χ0v) is 12.9. The van der Waals surface area contributed by atoms with Gasteiger partial charge in [-0.3, -0.25) is 0 Å². The highest BCUT2D eigenvalue weighted by atomic mass is 16.4. The molecule has 0 heterocycles. The first kappa shape index (κ1) is 16.7. The van der Waals surface area contributed by atoms with Gasteiger partial charge in [0, 0.05) is 11.0 Å². The van der Waals surface area contributed by atoms with Gasteiger partial charge in [-0.05, 0) is 43.9 Å². The topological polar surface area (TPSA) is 74.6 Å². The third-order valence-electron chi connectivity index (χ3n) is 3.98. The Morgan fingerprint density at radius 2 is 1.55 bits per heavy atom. The van der Waals surface area contributed by atoms with Crippen LogP contribution in [0.15, 0.2) is 11.1 Å². The van der Waals surface area contributed by atoms with Crippen LogP contribution in [0.4, 0.5) is 0 Å². The van der Waals surface area contributed by atoms with E-state index in [1.807, 2.05) is 0 Å². The fraction of sp³-hybridized carbons (Fsp3) is 0.750. The van der Waals surface area contributed by atoms with Crippen LogP contribution in [-0.2, 0) is 9.59 Å². The van der Waals surface area contributed by atoms with Crippen molar-refractivity contribution in [3.63, 3.8) is 0 Å². The van der Waals surface area contributed by atoms with Crippen LogP contribution in [0.5, 0.6) is 0 Å². The summed E-state index contributed by atoms with van der Waals surface area (Å²) in [6, 6.07) is 0. The van der Waals surface area contributed by atoms with Crippen molar-refractivity contribution >= 4 is 11.9 Å². The van der Waals surface area contributed by atoms with E-state index in [0.717, 1.165) is 25.7 Å². The van der Waals surface area contributed by atoms with Crippen molar-refractivity contribution in [3.8, 4) is 0 Å². The third-order valence-corrected chi connectivity index (χ3v) is 3.98. The highest BCUT2D eigenvalue weighted by molar-refractivity contribution is 6.00.